The van der Waals surface area contributed by atoms with Gasteiger partial charge in [0, 0.05) is 12.5 Å². The second-order valence-electron chi connectivity index (χ2n) is 6.52. The Morgan fingerprint density at radius 3 is 2.50 bits per heavy atom. The highest BCUT2D eigenvalue weighted by Gasteiger charge is 2.25. The zero-order valence-corrected chi connectivity index (χ0v) is 13.6. The molecule has 0 aliphatic carbocycles. The van der Waals surface area contributed by atoms with Crippen LogP contribution in [0.4, 0.5) is 0 Å². The maximum atomic E-state index is 10.4. The van der Waals surface area contributed by atoms with Gasteiger partial charge in [-0.15, -0.1) is 0 Å². The normalized spacial score (nSPS) is 18.0. The minimum absolute atomic E-state index is 0.377. The van der Waals surface area contributed by atoms with Crippen molar-refractivity contribution in [1.82, 2.24) is 9.88 Å². The standard InChI is InChI=1S/C20H22N2O2/c23-18(15-6-2-1-3-7-15)14-22-12-10-16(11-13-22)20-21-17-8-4-5-9-19(17)24-20/h1-9,16,18,23H,10-14H2. The van der Waals surface area contributed by atoms with Gasteiger partial charge in [0.15, 0.2) is 11.5 Å². The molecule has 1 aromatic heterocycles. The van der Waals surface area contributed by atoms with Crippen LogP contribution in [0.25, 0.3) is 11.1 Å². The minimum Gasteiger partial charge on any atom is -0.440 e. The third kappa shape index (κ3) is 3.21. The van der Waals surface area contributed by atoms with Crippen molar-refractivity contribution >= 4 is 11.1 Å². The van der Waals surface area contributed by atoms with Gasteiger partial charge < -0.3 is 14.4 Å². The predicted molar refractivity (Wildman–Crippen MR) is 93.8 cm³/mol. The molecule has 0 spiro atoms. The van der Waals surface area contributed by atoms with Gasteiger partial charge in [0.2, 0.25) is 0 Å². The summed E-state index contributed by atoms with van der Waals surface area (Å²) in [5.41, 5.74) is 2.79. The SMILES string of the molecule is OC(CN1CCC(c2nc3ccccc3o2)CC1)c1ccccc1. The van der Waals surface area contributed by atoms with E-state index in [1.807, 2.05) is 54.6 Å². The number of hydrogen-bond donors (Lipinski definition) is 1. The highest BCUT2D eigenvalue weighted by Crippen LogP contribution is 2.30. The van der Waals surface area contributed by atoms with Crippen LogP contribution < -0.4 is 0 Å². The van der Waals surface area contributed by atoms with Crippen molar-refractivity contribution in [3.63, 3.8) is 0 Å². The van der Waals surface area contributed by atoms with Crippen LogP contribution in [-0.4, -0.2) is 34.6 Å². The number of aliphatic hydroxyl groups is 1. The molecule has 1 fully saturated rings. The lowest BCUT2D eigenvalue weighted by Crippen LogP contribution is -2.36. The number of piperidine rings is 1. The lowest BCUT2D eigenvalue weighted by Gasteiger charge is -2.32. The molecular weight excluding hydrogens is 300 g/mol. The van der Waals surface area contributed by atoms with Gasteiger partial charge in [-0.1, -0.05) is 42.5 Å². The molecule has 1 saturated heterocycles. The number of hydrogen-bond acceptors (Lipinski definition) is 4. The zero-order chi connectivity index (χ0) is 16.4. The molecule has 2 heterocycles. The fourth-order valence-corrected chi connectivity index (χ4v) is 3.45. The molecule has 0 radical (unpaired) electrons. The average Bonchev–Trinajstić information content (AvgIpc) is 3.07. The molecule has 3 aromatic rings. The molecule has 1 aliphatic heterocycles. The summed E-state index contributed by atoms with van der Waals surface area (Å²) in [5, 5.41) is 10.4. The van der Waals surface area contributed by atoms with Crippen molar-refractivity contribution in [1.29, 1.82) is 0 Å². The summed E-state index contributed by atoms with van der Waals surface area (Å²) < 4.78 is 5.91. The highest BCUT2D eigenvalue weighted by molar-refractivity contribution is 5.72. The van der Waals surface area contributed by atoms with Gasteiger partial charge in [0.1, 0.15) is 5.52 Å². The predicted octanol–water partition coefficient (Wildman–Crippen LogP) is 3.74. The van der Waals surface area contributed by atoms with Gasteiger partial charge in [-0.3, -0.25) is 0 Å². The van der Waals surface area contributed by atoms with Crippen molar-refractivity contribution in [2.75, 3.05) is 19.6 Å². The Morgan fingerprint density at radius 1 is 1.04 bits per heavy atom. The molecule has 0 bridgehead atoms. The number of aromatic nitrogens is 1. The summed E-state index contributed by atoms with van der Waals surface area (Å²) in [6.45, 7) is 2.62. The Balaban J connectivity index is 1.36. The van der Waals surface area contributed by atoms with Crippen LogP contribution in [0.15, 0.2) is 59.0 Å². The summed E-state index contributed by atoms with van der Waals surface area (Å²) in [4.78, 5) is 6.97. The van der Waals surface area contributed by atoms with Gasteiger partial charge in [-0.2, -0.15) is 0 Å². The van der Waals surface area contributed by atoms with E-state index in [0.29, 0.717) is 12.5 Å². The zero-order valence-electron chi connectivity index (χ0n) is 13.6. The van der Waals surface area contributed by atoms with Crippen LogP contribution in [0.2, 0.25) is 0 Å². The molecule has 1 N–H and O–H groups in total. The number of oxazole rings is 1. The van der Waals surface area contributed by atoms with E-state index in [0.717, 1.165) is 48.5 Å². The third-order valence-corrected chi connectivity index (χ3v) is 4.86. The largest absolute Gasteiger partial charge is 0.440 e. The van der Waals surface area contributed by atoms with Crippen LogP contribution in [0.3, 0.4) is 0 Å². The number of rotatable bonds is 4. The molecule has 1 atom stereocenters. The molecular formula is C20H22N2O2. The van der Waals surface area contributed by atoms with Gasteiger partial charge in [0.25, 0.3) is 0 Å². The lowest BCUT2D eigenvalue weighted by atomic mass is 9.96. The molecule has 24 heavy (non-hydrogen) atoms. The quantitative estimate of drug-likeness (QED) is 0.795. The number of nitrogens with zero attached hydrogens (tertiary/aromatic N) is 2. The van der Waals surface area contributed by atoms with Crippen LogP contribution in [0, 0.1) is 0 Å². The molecule has 1 unspecified atom stereocenters. The van der Waals surface area contributed by atoms with E-state index in [-0.39, 0.29) is 0 Å². The third-order valence-electron chi connectivity index (χ3n) is 4.86. The summed E-state index contributed by atoms with van der Waals surface area (Å²) in [7, 11) is 0. The fourth-order valence-electron chi connectivity index (χ4n) is 3.45. The van der Waals surface area contributed by atoms with Gasteiger partial charge in [-0.25, -0.2) is 4.98 Å². The van der Waals surface area contributed by atoms with Gasteiger partial charge in [-0.05, 0) is 43.6 Å². The van der Waals surface area contributed by atoms with E-state index >= 15 is 0 Å². The van der Waals surface area contributed by atoms with Gasteiger partial charge >= 0.3 is 0 Å². The van der Waals surface area contributed by atoms with Crippen molar-refractivity contribution in [3.05, 3.63) is 66.1 Å². The second kappa shape index (κ2) is 6.75. The van der Waals surface area contributed by atoms with Crippen LogP contribution in [0.1, 0.15) is 36.3 Å². The van der Waals surface area contributed by atoms with E-state index in [2.05, 4.69) is 9.88 Å². The summed E-state index contributed by atoms with van der Waals surface area (Å²) in [6.07, 6.45) is 1.62. The topological polar surface area (TPSA) is 49.5 Å². The van der Waals surface area contributed by atoms with Crippen LogP contribution in [0.5, 0.6) is 0 Å². The molecule has 0 amide bonds. The lowest BCUT2D eigenvalue weighted by molar-refractivity contribution is 0.0951. The monoisotopic (exact) mass is 322 g/mol. The fraction of sp³-hybridized carbons (Fsp3) is 0.350. The highest BCUT2D eigenvalue weighted by atomic mass is 16.3. The molecule has 1 aliphatic rings. The average molecular weight is 322 g/mol. The molecule has 2 aromatic carbocycles. The first-order valence-corrected chi connectivity index (χ1v) is 8.60. The van der Waals surface area contributed by atoms with Crippen molar-refractivity contribution in [3.8, 4) is 0 Å². The van der Waals surface area contributed by atoms with Crippen LogP contribution >= 0.6 is 0 Å². The Bertz CT molecular complexity index is 759. The molecule has 4 rings (SSSR count). The number of fused-ring (bicyclic) bond motifs is 1. The van der Waals surface area contributed by atoms with Crippen LogP contribution in [-0.2, 0) is 0 Å². The number of likely N-dealkylation sites (tertiary alicyclic amines) is 1. The molecule has 124 valence electrons. The van der Waals surface area contributed by atoms with Crippen molar-refractivity contribution < 1.29 is 9.52 Å². The van der Waals surface area contributed by atoms with E-state index in [9.17, 15) is 5.11 Å². The van der Waals surface area contributed by atoms with Crippen molar-refractivity contribution in [2.45, 2.75) is 24.9 Å². The Morgan fingerprint density at radius 2 is 1.75 bits per heavy atom. The summed E-state index contributed by atoms with van der Waals surface area (Å²) in [5.74, 6) is 1.24. The first kappa shape index (κ1) is 15.4. The first-order valence-electron chi connectivity index (χ1n) is 8.60. The number of β-amino-alcohol motifs (C(OH)–C–C–N with tert-alkyl or cyclic N) is 1. The number of aliphatic hydroxyl groups excluding tert-OH is 1. The Labute approximate surface area is 141 Å². The Hall–Kier alpha value is -2.17. The van der Waals surface area contributed by atoms with E-state index in [1.165, 1.54) is 0 Å². The Kier molecular flexibility index (Phi) is 4.32. The first-order chi connectivity index (χ1) is 11.8. The molecule has 4 heteroatoms. The molecule has 0 saturated carbocycles. The molecule has 4 nitrogen and oxygen atoms in total. The number of benzene rings is 2. The van der Waals surface area contributed by atoms with E-state index in [1.54, 1.807) is 0 Å². The van der Waals surface area contributed by atoms with Gasteiger partial charge in [0.05, 0.1) is 6.10 Å². The minimum atomic E-state index is -0.424. The van der Waals surface area contributed by atoms with E-state index in [4.69, 9.17) is 4.42 Å². The second-order valence-corrected chi connectivity index (χ2v) is 6.52. The van der Waals surface area contributed by atoms with E-state index < -0.39 is 6.10 Å². The smallest absolute Gasteiger partial charge is 0.198 e. The maximum Gasteiger partial charge on any atom is 0.198 e. The number of para-hydroxylation sites is 2. The summed E-state index contributed by atoms with van der Waals surface area (Å²) >= 11 is 0. The maximum absolute atomic E-state index is 10.4. The van der Waals surface area contributed by atoms with Crippen molar-refractivity contribution in [2.24, 2.45) is 0 Å². The summed E-state index contributed by atoms with van der Waals surface area (Å²) in [6, 6.07) is 17.8.